The summed E-state index contributed by atoms with van der Waals surface area (Å²) in [6, 6.07) is 0. The molecule has 3 rings (SSSR count). The summed E-state index contributed by atoms with van der Waals surface area (Å²) in [6.45, 7) is 4.02. The number of imidazole rings is 1. The van der Waals surface area contributed by atoms with Crippen LogP contribution in [0.3, 0.4) is 0 Å². The Morgan fingerprint density at radius 3 is 2.40 bits per heavy atom. The van der Waals surface area contributed by atoms with Gasteiger partial charge in [-0.05, 0) is 25.7 Å². The molecule has 0 unspecified atom stereocenters. The van der Waals surface area contributed by atoms with E-state index >= 15 is 0 Å². The maximum absolute atomic E-state index is 12.7. The molecule has 0 aromatic carbocycles. The zero-order valence-corrected chi connectivity index (χ0v) is 15.4. The average Bonchev–Trinajstić information content (AvgIpc) is 3.25. The van der Waals surface area contributed by atoms with Gasteiger partial charge >= 0.3 is 0 Å². The van der Waals surface area contributed by atoms with E-state index in [0.29, 0.717) is 52.1 Å². The number of hydrogen-bond acceptors (Lipinski definition) is 4. The van der Waals surface area contributed by atoms with Gasteiger partial charge in [-0.15, -0.1) is 0 Å². The first-order chi connectivity index (χ1) is 12.1. The molecule has 0 spiro atoms. The summed E-state index contributed by atoms with van der Waals surface area (Å²) >= 11 is 0. The second-order valence-corrected chi connectivity index (χ2v) is 8.58. The van der Waals surface area contributed by atoms with E-state index in [1.54, 1.807) is 21.1 Å². The first-order valence-electron chi connectivity index (χ1n) is 9.06. The van der Waals surface area contributed by atoms with Crippen molar-refractivity contribution in [3.8, 4) is 0 Å². The summed E-state index contributed by atoms with van der Waals surface area (Å²) in [7, 11) is -3.36. The number of carbonyl (C=O) groups excluding carboxylic acids is 1. The highest BCUT2D eigenvalue weighted by Gasteiger charge is 2.33. The molecule has 2 fully saturated rings. The first kappa shape index (κ1) is 18.3. The summed E-state index contributed by atoms with van der Waals surface area (Å²) in [6.07, 6.45) is 9.18. The minimum Gasteiger partial charge on any atom is -0.341 e. The van der Waals surface area contributed by atoms with Gasteiger partial charge in [0.25, 0.3) is 10.2 Å². The summed E-state index contributed by atoms with van der Waals surface area (Å²) < 4.78 is 30.4. The van der Waals surface area contributed by atoms with Gasteiger partial charge in [0.1, 0.15) is 0 Å². The predicted octanol–water partition coefficient (Wildman–Crippen LogP) is 0.538. The number of aromatic nitrogens is 2. The van der Waals surface area contributed by atoms with Crippen molar-refractivity contribution in [3.63, 3.8) is 0 Å². The molecule has 25 heavy (non-hydrogen) atoms. The molecular formula is C16H27N5O3S. The van der Waals surface area contributed by atoms with Crippen LogP contribution in [-0.2, 0) is 21.5 Å². The molecule has 1 aromatic rings. The fraction of sp³-hybridized carbons (Fsp3) is 0.750. The van der Waals surface area contributed by atoms with Crippen LogP contribution in [0.2, 0.25) is 0 Å². The van der Waals surface area contributed by atoms with Gasteiger partial charge in [0.15, 0.2) is 0 Å². The van der Waals surface area contributed by atoms with Crippen LogP contribution < -0.4 is 0 Å². The molecule has 2 saturated heterocycles. The molecule has 2 aliphatic heterocycles. The molecule has 0 atom stereocenters. The quantitative estimate of drug-likeness (QED) is 0.733. The van der Waals surface area contributed by atoms with Crippen LogP contribution in [-0.4, -0.2) is 76.7 Å². The van der Waals surface area contributed by atoms with E-state index in [2.05, 4.69) is 4.98 Å². The van der Waals surface area contributed by atoms with Crippen molar-refractivity contribution >= 4 is 16.1 Å². The number of rotatable bonds is 6. The molecule has 0 saturated carbocycles. The fourth-order valence-corrected chi connectivity index (χ4v) is 5.16. The average molecular weight is 369 g/mol. The highest BCUT2D eigenvalue weighted by atomic mass is 32.2. The van der Waals surface area contributed by atoms with Crippen molar-refractivity contribution in [2.24, 2.45) is 0 Å². The lowest BCUT2D eigenvalue weighted by molar-refractivity contribution is -0.131. The van der Waals surface area contributed by atoms with Gasteiger partial charge in [0.05, 0.1) is 6.33 Å². The lowest BCUT2D eigenvalue weighted by Crippen LogP contribution is -2.44. The summed E-state index contributed by atoms with van der Waals surface area (Å²) in [5, 5.41) is 0. The van der Waals surface area contributed by atoms with Crippen molar-refractivity contribution in [1.29, 1.82) is 0 Å². The zero-order valence-electron chi connectivity index (χ0n) is 14.6. The molecule has 140 valence electrons. The lowest BCUT2D eigenvalue weighted by Gasteiger charge is -2.26. The molecule has 2 aliphatic rings. The van der Waals surface area contributed by atoms with Crippen molar-refractivity contribution < 1.29 is 13.2 Å². The van der Waals surface area contributed by atoms with Crippen LogP contribution in [0.5, 0.6) is 0 Å². The zero-order chi connectivity index (χ0) is 17.7. The normalized spacial score (nSPS) is 20.7. The van der Waals surface area contributed by atoms with Crippen molar-refractivity contribution in [3.05, 3.63) is 18.7 Å². The molecule has 3 heterocycles. The number of hydrogen-bond donors (Lipinski definition) is 0. The Morgan fingerprint density at radius 2 is 1.68 bits per heavy atom. The van der Waals surface area contributed by atoms with E-state index in [0.717, 1.165) is 25.8 Å². The van der Waals surface area contributed by atoms with E-state index < -0.39 is 10.2 Å². The summed E-state index contributed by atoms with van der Waals surface area (Å²) in [4.78, 5) is 18.2. The van der Waals surface area contributed by atoms with E-state index in [-0.39, 0.29) is 5.91 Å². The Bertz CT molecular complexity index is 655. The van der Waals surface area contributed by atoms with Gasteiger partial charge in [-0.25, -0.2) is 4.98 Å². The van der Waals surface area contributed by atoms with Gasteiger partial charge < -0.3 is 9.47 Å². The molecule has 8 nitrogen and oxygen atoms in total. The standard InChI is InChI=1S/C16H27N5O3S/c22-16(5-3-7-18-12-6-17-15-18)19-8-4-11-21(14-13-19)25(23,24)20-9-1-2-10-20/h6,12,15H,1-5,7-11,13-14H2. The Hall–Kier alpha value is -1.45. The van der Waals surface area contributed by atoms with Gasteiger partial charge in [-0.2, -0.15) is 17.0 Å². The second-order valence-electron chi connectivity index (χ2n) is 6.65. The molecule has 1 aromatic heterocycles. The lowest BCUT2D eigenvalue weighted by atomic mass is 10.2. The Morgan fingerprint density at radius 1 is 0.960 bits per heavy atom. The maximum Gasteiger partial charge on any atom is 0.282 e. The monoisotopic (exact) mass is 369 g/mol. The molecule has 0 N–H and O–H groups in total. The van der Waals surface area contributed by atoms with Crippen LogP contribution >= 0.6 is 0 Å². The smallest absolute Gasteiger partial charge is 0.282 e. The first-order valence-corrected chi connectivity index (χ1v) is 10.5. The minimum absolute atomic E-state index is 0.112. The second kappa shape index (κ2) is 8.29. The fourth-order valence-electron chi connectivity index (χ4n) is 3.45. The molecule has 0 radical (unpaired) electrons. The largest absolute Gasteiger partial charge is 0.341 e. The predicted molar refractivity (Wildman–Crippen MR) is 94.0 cm³/mol. The van der Waals surface area contributed by atoms with E-state index in [1.165, 1.54) is 0 Å². The molecular weight excluding hydrogens is 342 g/mol. The van der Waals surface area contributed by atoms with Crippen LogP contribution in [0.4, 0.5) is 0 Å². The minimum atomic E-state index is -3.36. The van der Waals surface area contributed by atoms with Crippen LogP contribution in [0, 0.1) is 0 Å². The van der Waals surface area contributed by atoms with E-state index in [9.17, 15) is 13.2 Å². The third-order valence-corrected chi connectivity index (χ3v) is 6.93. The van der Waals surface area contributed by atoms with Crippen LogP contribution in [0.1, 0.15) is 32.1 Å². The molecule has 9 heteroatoms. The topological polar surface area (TPSA) is 78.8 Å². The summed E-state index contributed by atoms with van der Waals surface area (Å²) in [5.41, 5.74) is 0. The highest BCUT2D eigenvalue weighted by Crippen LogP contribution is 2.18. The molecule has 0 bridgehead atoms. The van der Waals surface area contributed by atoms with Gasteiger partial charge in [-0.3, -0.25) is 4.79 Å². The number of carbonyl (C=O) groups is 1. The maximum atomic E-state index is 12.7. The molecule has 0 aliphatic carbocycles. The van der Waals surface area contributed by atoms with Gasteiger partial charge in [-0.1, -0.05) is 0 Å². The van der Waals surface area contributed by atoms with Crippen LogP contribution in [0.25, 0.3) is 0 Å². The third-order valence-electron chi connectivity index (χ3n) is 4.89. The van der Waals surface area contributed by atoms with Crippen molar-refractivity contribution in [2.45, 2.75) is 38.6 Å². The number of amides is 1. The van der Waals surface area contributed by atoms with Gasteiger partial charge in [0.2, 0.25) is 5.91 Å². The number of aryl methyl sites for hydroxylation is 1. The SMILES string of the molecule is O=C(CCCn1ccnc1)N1CCCN(S(=O)(=O)N2CCCC2)CC1. The Labute approximate surface area is 149 Å². The number of nitrogens with zero attached hydrogens (tertiary/aromatic N) is 5. The van der Waals surface area contributed by atoms with E-state index in [1.807, 2.05) is 15.7 Å². The third kappa shape index (κ3) is 4.59. The highest BCUT2D eigenvalue weighted by molar-refractivity contribution is 7.86. The van der Waals surface area contributed by atoms with E-state index in [4.69, 9.17) is 0 Å². The van der Waals surface area contributed by atoms with Crippen LogP contribution in [0.15, 0.2) is 18.7 Å². The molecule has 1 amide bonds. The van der Waals surface area contributed by atoms with Crippen molar-refractivity contribution in [2.75, 3.05) is 39.3 Å². The Balaban J connectivity index is 1.48. The summed E-state index contributed by atoms with van der Waals surface area (Å²) in [5.74, 6) is 0.112. The van der Waals surface area contributed by atoms with Gasteiger partial charge in [0, 0.05) is 64.6 Å². The van der Waals surface area contributed by atoms with Crippen molar-refractivity contribution in [1.82, 2.24) is 23.1 Å². The Kier molecular flexibility index (Phi) is 6.08.